The normalized spacial score (nSPS) is 16.7. The Hall–Kier alpha value is -1.78. The molecule has 3 rings (SSSR count). The lowest BCUT2D eigenvalue weighted by molar-refractivity contribution is 0.429. The molecule has 0 unspecified atom stereocenters. The van der Waals surface area contributed by atoms with E-state index < -0.39 is 11.6 Å². The lowest BCUT2D eigenvalue weighted by Gasteiger charge is -2.18. The number of H-pyrrole nitrogens is 1. The van der Waals surface area contributed by atoms with Crippen molar-refractivity contribution >= 4 is 0 Å². The maximum Gasteiger partial charge on any atom is 0.181 e. The molecule has 100 valence electrons. The molecule has 3 nitrogen and oxygen atoms in total. The van der Waals surface area contributed by atoms with Crippen molar-refractivity contribution in [2.45, 2.75) is 38.0 Å². The molecule has 0 bridgehead atoms. The van der Waals surface area contributed by atoms with Gasteiger partial charge in [0.2, 0.25) is 0 Å². The fourth-order valence-corrected chi connectivity index (χ4v) is 2.60. The lowest BCUT2D eigenvalue weighted by atomic mass is 9.89. The molecule has 1 N–H and O–H groups in total. The van der Waals surface area contributed by atoms with Crippen molar-refractivity contribution < 1.29 is 8.78 Å². The minimum Gasteiger partial charge on any atom is -0.262 e. The fourth-order valence-electron chi connectivity index (χ4n) is 2.60. The van der Waals surface area contributed by atoms with E-state index in [0.29, 0.717) is 17.3 Å². The second-order valence-corrected chi connectivity index (χ2v) is 5.01. The van der Waals surface area contributed by atoms with E-state index in [1.165, 1.54) is 25.3 Å². The van der Waals surface area contributed by atoms with Crippen molar-refractivity contribution in [3.8, 4) is 11.4 Å². The highest BCUT2D eigenvalue weighted by atomic mass is 19.2. The topological polar surface area (TPSA) is 41.6 Å². The largest absolute Gasteiger partial charge is 0.262 e. The van der Waals surface area contributed by atoms with E-state index in [2.05, 4.69) is 15.2 Å². The smallest absolute Gasteiger partial charge is 0.181 e. The molecular weight excluding hydrogens is 248 g/mol. The molecule has 0 aliphatic heterocycles. The first-order valence-corrected chi connectivity index (χ1v) is 6.62. The SMILES string of the molecule is Fc1ccc(-c2n[nH]c(C3CCCCC3)n2)cc1F. The van der Waals surface area contributed by atoms with Gasteiger partial charge in [-0.1, -0.05) is 19.3 Å². The zero-order valence-corrected chi connectivity index (χ0v) is 10.5. The third-order valence-corrected chi connectivity index (χ3v) is 3.67. The van der Waals surface area contributed by atoms with Gasteiger partial charge in [-0.2, -0.15) is 5.10 Å². The van der Waals surface area contributed by atoms with Gasteiger partial charge in [0.1, 0.15) is 5.82 Å². The first-order valence-electron chi connectivity index (χ1n) is 6.62. The number of hydrogen-bond acceptors (Lipinski definition) is 2. The molecular formula is C14H15F2N3. The van der Waals surface area contributed by atoms with Crippen LogP contribution in [0.1, 0.15) is 43.8 Å². The molecule has 5 heteroatoms. The standard InChI is InChI=1S/C14H15F2N3/c15-11-7-6-10(8-12(11)16)14-17-13(18-19-14)9-4-2-1-3-5-9/h6-9H,1-5H2,(H,17,18,19). The van der Waals surface area contributed by atoms with Crippen molar-refractivity contribution in [3.63, 3.8) is 0 Å². The van der Waals surface area contributed by atoms with Gasteiger partial charge in [-0.05, 0) is 31.0 Å². The maximum absolute atomic E-state index is 13.2. The molecule has 2 aromatic rings. The highest BCUT2D eigenvalue weighted by Crippen LogP contribution is 2.31. The first-order chi connectivity index (χ1) is 9.24. The summed E-state index contributed by atoms with van der Waals surface area (Å²) in [6.07, 6.45) is 5.94. The van der Waals surface area contributed by atoms with Crippen LogP contribution in [0.4, 0.5) is 8.78 Å². The first kappa shape index (κ1) is 12.3. The van der Waals surface area contributed by atoms with Gasteiger partial charge in [-0.3, -0.25) is 5.10 Å². The van der Waals surface area contributed by atoms with Crippen LogP contribution >= 0.6 is 0 Å². The van der Waals surface area contributed by atoms with Crippen LogP contribution < -0.4 is 0 Å². The van der Waals surface area contributed by atoms with Gasteiger partial charge in [0.15, 0.2) is 17.5 Å². The molecule has 0 amide bonds. The molecule has 19 heavy (non-hydrogen) atoms. The lowest BCUT2D eigenvalue weighted by Crippen LogP contribution is -2.06. The summed E-state index contributed by atoms with van der Waals surface area (Å²) < 4.78 is 26.1. The molecule has 1 saturated carbocycles. The average Bonchev–Trinajstić information content (AvgIpc) is 2.93. The number of aromatic amines is 1. The average molecular weight is 263 g/mol. The summed E-state index contributed by atoms with van der Waals surface area (Å²) in [4.78, 5) is 4.42. The minimum absolute atomic E-state index is 0.417. The van der Waals surface area contributed by atoms with E-state index in [1.807, 2.05) is 0 Å². The van der Waals surface area contributed by atoms with Gasteiger partial charge in [0.25, 0.3) is 0 Å². The number of rotatable bonds is 2. The van der Waals surface area contributed by atoms with Crippen LogP contribution in [0, 0.1) is 11.6 Å². The number of nitrogens with one attached hydrogen (secondary N) is 1. The van der Waals surface area contributed by atoms with E-state index in [1.54, 1.807) is 0 Å². The third kappa shape index (κ3) is 2.50. The molecule has 1 heterocycles. The van der Waals surface area contributed by atoms with Crippen LogP contribution in [-0.4, -0.2) is 15.2 Å². The Kier molecular flexibility index (Phi) is 3.27. The Morgan fingerprint density at radius 3 is 2.58 bits per heavy atom. The monoisotopic (exact) mass is 263 g/mol. The molecule has 0 radical (unpaired) electrons. The number of hydrogen-bond donors (Lipinski definition) is 1. The zero-order chi connectivity index (χ0) is 13.2. The fraction of sp³-hybridized carbons (Fsp3) is 0.429. The summed E-state index contributed by atoms with van der Waals surface area (Å²) in [6, 6.07) is 3.72. The third-order valence-electron chi connectivity index (χ3n) is 3.67. The van der Waals surface area contributed by atoms with Crippen LogP contribution in [-0.2, 0) is 0 Å². The van der Waals surface area contributed by atoms with E-state index in [-0.39, 0.29) is 0 Å². The number of benzene rings is 1. The van der Waals surface area contributed by atoms with Gasteiger partial charge >= 0.3 is 0 Å². The van der Waals surface area contributed by atoms with Crippen LogP contribution in [0.15, 0.2) is 18.2 Å². The van der Waals surface area contributed by atoms with Gasteiger partial charge in [0, 0.05) is 11.5 Å². The van der Waals surface area contributed by atoms with E-state index in [4.69, 9.17) is 0 Å². The minimum atomic E-state index is -0.874. The van der Waals surface area contributed by atoms with Crippen molar-refractivity contribution in [1.82, 2.24) is 15.2 Å². The summed E-state index contributed by atoms with van der Waals surface area (Å²) in [7, 11) is 0. The number of halogens is 2. The quantitative estimate of drug-likeness (QED) is 0.895. The predicted molar refractivity (Wildman–Crippen MR) is 67.6 cm³/mol. The highest BCUT2D eigenvalue weighted by Gasteiger charge is 2.19. The van der Waals surface area contributed by atoms with Gasteiger partial charge in [-0.15, -0.1) is 0 Å². The van der Waals surface area contributed by atoms with Crippen molar-refractivity contribution in [1.29, 1.82) is 0 Å². The Morgan fingerprint density at radius 1 is 1.05 bits per heavy atom. The summed E-state index contributed by atoms with van der Waals surface area (Å²) in [5, 5.41) is 7.04. The highest BCUT2D eigenvalue weighted by molar-refractivity contribution is 5.54. The van der Waals surface area contributed by atoms with Crippen LogP contribution in [0.2, 0.25) is 0 Å². The molecule has 1 aliphatic rings. The molecule has 1 aromatic heterocycles. The second kappa shape index (κ2) is 5.07. The summed E-state index contributed by atoms with van der Waals surface area (Å²) >= 11 is 0. The zero-order valence-electron chi connectivity index (χ0n) is 10.5. The molecule has 1 aliphatic carbocycles. The van der Waals surface area contributed by atoms with Gasteiger partial charge in [0.05, 0.1) is 0 Å². The summed E-state index contributed by atoms with van der Waals surface area (Å²) in [5.74, 6) is -0.0208. The Morgan fingerprint density at radius 2 is 1.84 bits per heavy atom. The van der Waals surface area contributed by atoms with E-state index in [0.717, 1.165) is 30.8 Å². The molecule has 1 fully saturated rings. The second-order valence-electron chi connectivity index (χ2n) is 5.01. The van der Waals surface area contributed by atoms with Crippen molar-refractivity contribution in [2.24, 2.45) is 0 Å². The van der Waals surface area contributed by atoms with Crippen molar-refractivity contribution in [3.05, 3.63) is 35.7 Å². The Balaban J connectivity index is 1.85. The molecule has 0 saturated heterocycles. The van der Waals surface area contributed by atoms with Crippen LogP contribution in [0.3, 0.4) is 0 Å². The van der Waals surface area contributed by atoms with Crippen molar-refractivity contribution in [2.75, 3.05) is 0 Å². The van der Waals surface area contributed by atoms with Gasteiger partial charge < -0.3 is 0 Å². The van der Waals surface area contributed by atoms with Gasteiger partial charge in [-0.25, -0.2) is 13.8 Å². The Bertz CT molecular complexity index is 574. The maximum atomic E-state index is 13.2. The van der Waals surface area contributed by atoms with E-state index in [9.17, 15) is 8.78 Å². The molecule has 0 atom stereocenters. The van der Waals surface area contributed by atoms with Crippen LogP contribution in [0.5, 0.6) is 0 Å². The number of nitrogens with zero attached hydrogens (tertiary/aromatic N) is 2. The Labute approximate surface area is 110 Å². The summed E-state index contributed by atoms with van der Waals surface area (Å²) in [6.45, 7) is 0. The van der Waals surface area contributed by atoms with Crippen LogP contribution in [0.25, 0.3) is 11.4 Å². The number of aromatic nitrogens is 3. The molecule has 0 spiro atoms. The molecule has 1 aromatic carbocycles. The van der Waals surface area contributed by atoms with E-state index >= 15 is 0 Å². The predicted octanol–water partition coefficient (Wildman–Crippen LogP) is 3.80. The summed E-state index contributed by atoms with van der Waals surface area (Å²) in [5.41, 5.74) is 0.497.